The van der Waals surface area contributed by atoms with Crippen LogP contribution < -0.4 is 22.1 Å². The molecular weight excluding hydrogens is 286 g/mol. The molecule has 0 aliphatic carbocycles. The fourth-order valence-electron chi connectivity index (χ4n) is 2.49. The van der Waals surface area contributed by atoms with E-state index in [2.05, 4.69) is 10.6 Å². The van der Waals surface area contributed by atoms with E-state index in [1.807, 2.05) is 6.07 Å². The van der Waals surface area contributed by atoms with Crippen LogP contribution in [0, 0.1) is 16.7 Å². The molecular formula is C13H23N7O2. The monoisotopic (exact) mass is 309 g/mol. The van der Waals surface area contributed by atoms with Gasteiger partial charge in [0.05, 0.1) is 18.7 Å². The molecule has 0 bridgehead atoms. The van der Waals surface area contributed by atoms with Crippen LogP contribution in [-0.2, 0) is 9.59 Å². The number of guanidine groups is 1. The van der Waals surface area contributed by atoms with E-state index in [9.17, 15) is 9.59 Å². The summed E-state index contributed by atoms with van der Waals surface area (Å²) < 4.78 is 0. The number of hydrogen-bond donors (Lipinski definition) is 5. The lowest BCUT2D eigenvalue weighted by Crippen LogP contribution is -2.51. The van der Waals surface area contributed by atoms with Gasteiger partial charge in [-0.25, -0.2) is 0 Å². The van der Waals surface area contributed by atoms with Gasteiger partial charge in [-0.15, -0.1) is 0 Å². The Labute approximate surface area is 129 Å². The van der Waals surface area contributed by atoms with Crippen molar-refractivity contribution in [1.29, 1.82) is 10.7 Å². The molecule has 22 heavy (non-hydrogen) atoms. The number of likely N-dealkylation sites (tertiary alicyclic amines) is 1. The first-order valence-corrected chi connectivity index (χ1v) is 7.24. The van der Waals surface area contributed by atoms with Gasteiger partial charge in [-0.3, -0.25) is 19.9 Å². The van der Waals surface area contributed by atoms with Crippen LogP contribution in [0.15, 0.2) is 0 Å². The van der Waals surface area contributed by atoms with Gasteiger partial charge in [-0.2, -0.15) is 5.26 Å². The lowest BCUT2D eigenvalue weighted by atomic mass is 10.1. The molecule has 0 aromatic carbocycles. The van der Waals surface area contributed by atoms with Crippen LogP contribution in [0.25, 0.3) is 0 Å². The molecule has 1 aliphatic rings. The summed E-state index contributed by atoms with van der Waals surface area (Å²) in [6, 6.07) is 0.901. The van der Waals surface area contributed by atoms with Gasteiger partial charge >= 0.3 is 0 Å². The van der Waals surface area contributed by atoms with Gasteiger partial charge in [0.15, 0.2) is 5.96 Å². The minimum Gasteiger partial charge on any atom is -0.370 e. The molecule has 1 aliphatic heterocycles. The molecule has 1 rings (SSSR count). The van der Waals surface area contributed by atoms with Crippen molar-refractivity contribution in [2.24, 2.45) is 11.5 Å². The maximum Gasteiger partial charge on any atom is 0.240 e. The third-order valence-electron chi connectivity index (χ3n) is 3.59. The number of primary amides is 1. The number of amides is 2. The summed E-state index contributed by atoms with van der Waals surface area (Å²) in [5, 5.41) is 21.1. The van der Waals surface area contributed by atoms with E-state index in [0.717, 1.165) is 6.42 Å². The van der Waals surface area contributed by atoms with Crippen molar-refractivity contribution in [2.45, 2.75) is 37.8 Å². The summed E-state index contributed by atoms with van der Waals surface area (Å²) >= 11 is 0. The third-order valence-corrected chi connectivity index (χ3v) is 3.59. The summed E-state index contributed by atoms with van der Waals surface area (Å²) in [6.07, 6.45) is 2.43. The van der Waals surface area contributed by atoms with Crippen molar-refractivity contribution in [3.63, 3.8) is 0 Å². The summed E-state index contributed by atoms with van der Waals surface area (Å²) in [6.45, 7) is 1.33. The van der Waals surface area contributed by atoms with Crippen molar-refractivity contribution in [3.05, 3.63) is 0 Å². The zero-order valence-electron chi connectivity index (χ0n) is 12.5. The second-order valence-electron chi connectivity index (χ2n) is 5.23. The lowest BCUT2D eigenvalue weighted by molar-refractivity contribution is -0.130. The first kappa shape index (κ1) is 17.7. The van der Waals surface area contributed by atoms with Gasteiger partial charge in [0.1, 0.15) is 6.04 Å². The molecule has 0 radical (unpaired) electrons. The molecule has 1 saturated heterocycles. The first-order valence-electron chi connectivity index (χ1n) is 7.24. The summed E-state index contributed by atoms with van der Waals surface area (Å²) in [5.41, 5.74) is 10.5. The molecule has 0 spiro atoms. The summed E-state index contributed by atoms with van der Waals surface area (Å²) in [7, 11) is 0. The molecule has 9 nitrogen and oxygen atoms in total. The topological polar surface area (TPSA) is 161 Å². The molecule has 122 valence electrons. The van der Waals surface area contributed by atoms with Crippen LogP contribution in [0.4, 0.5) is 0 Å². The van der Waals surface area contributed by atoms with E-state index in [4.69, 9.17) is 22.1 Å². The average Bonchev–Trinajstić information content (AvgIpc) is 2.90. The zero-order valence-corrected chi connectivity index (χ0v) is 12.5. The molecule has 0 saturated carbocycles. The fraction of sp³-hybridized carbons (Fsp3) is 0.692. The number of rotatable bonds is 8. The second kappa shape index (κ2) is 8.84. The minimum atomic E-state index is -0.759. The van der Waals surface area contributed by atoms with E-state index < -0.39 is 11.9 Å². The summed E-state index contributed by atoms with van der Waals surface area (Å²) in [4.78, 5) is 25.5. The van der Waals surface area contributed by atoms with E-state index in [1.54, 1.807) is 4.90 Å². The predicted molar refractivity (Wildman–Crippen MR) is 80.5 cm³/mol. The maximum atomic E-state index is 12.2. The smallest absolute Gasteiger partial charge is 0.240 e. The van der Waals surface area contributed by atoms with Crippen LogP contribution in [0.2, 0.25) is 0 Å². The van der Waals surface area contributed by atoms with E-state index in [0.29, 0.717) is 32.4 Å². The molecule has 1 fully saturated rings. The Bertz CT molecular complexity index is 460. The highest BCUT2D eigenvalue weighted by atomic mass is 16.2. The van der Waals surface area contributed by atoms with E-state index in [1.165, 1.54) is 0 Å². The molecule has 0 aromatic heterocycles. The number of carbonyl (C=O) groups is 2. The largest absolute Gasteiger partial charge is 0.370 e. The normalized spacial score (nSPS) is 19.1. The summed E-state index contributed by atoms with van der Waals surface area (Å²) in [5.74, 6) is -1.00. The van der Waals surface area contributed by atoms with Crippen molar-refractivity contribution in [1.82, 2.24) is 15.5 Å². The van der Waals surface area contributed by atoms with Crippen molar-refractivity contribution < 1.29 is 9.59 Å². The van der Waals surface area contributed by atoms with Gasteiger partial charge in [-0.1, -0.05) is 0 Å². The average molecular weight is 309 g/mol. The first-order chi connectivity index (χ1) is 10.5. The Morgan fingerprint density at radius 3 is 2.77 bits per heavy atom. The Hall–Kier alpha value is -2.34. The fourth-order valence-corrected chi connectivity index (χ4v) is 2.49. The van der Waals surface area contributed by atoms with Gasteiger partial charge < -0.3 is 22.1 Å². The Morgan fingerprint density at radius 2 is 2.18 bits per heavy atom. The molecule has 0 aromatic rings. The molecule has 2 atom stereocenters. The quantitative estimate of drug-likeness (QED) is 0.154. The molecule has 9 heteroatoms. The van der Waals surface area contributed by atoms with Gasteiger partial charge in [0.2, 0.25) is 11.8 Å². The highest BCUT2D eigenvalue weighted by Crippen LogP contribution is 2.16. The standard InChI is InChI=1S/C13H23N7O2/c14-5-8-20-7-2-4-10(20)12(22)19-9(11(15)21)3-1-6-18-13(16)17/h9-10H,1-4,6-8H2,(H2,15,21)(H,19,22)(H4,16,17,18). The van der Waals surface area contributed by atoms with Gasteiger partial charge in [-0.05, 0) is 25.7 Å². The SMILES string of the molecule is N#CCN1CCCC1C(=O)NC(CCCNC(=N)N)C(N)=O. The highest BCUT2D eigenvalue weighted by molar-refractivity contribution is 5.89. The molecule has 1 heterocycles. The Morgan fingerprint density at radius 1 is 1.45 bits per heavy atom. The van der Waals surface area contributed by atoms with Crippen LogP contribution in [0.3, 0.4) is 0 Å². The minimum absolute atomic E-state index is 0.141. The predicted octanol–water partition coefficient (Wildman–Crippen LogP) is -1.79. The third kappa shape index (κ3) is 5.57. The van der Waals surface area contributed by atoms with Crippen LogP contribution in [0.1, 0.15) is 25.7 Å². The Kier molecular flexibility index (Phi) is 7.12. The van der Waals surface area contributed by atoms with Crippen molar-refractivity contribution >= 4 is 17.8 Å². The number of nitrogens with zero attached hydrogens (tertiary/aromatic N) is 2. The van der Waals surface area contributed by atoms with Crippen molar-refractivity contribution in [3.8, 4) is 6.07 Å². The second-order valence-corrected chi connectivity index (χ2v) is 5.23. The molecule has 2 unspecified atom stereocenters. The molecule has 2 amide bonds. The van der Waals surface area contributed by atoms with E-state index >= 15 is 0 Å². The van der Waals surface area contributed by atoms with Crippen molar-refractivity contribution in [2.75, 3.05) is 19.6 Å². The Balaban J connectivity index is 2.48. The zero-order chi connectivity index (χ0) is 16.5. The van der Waals surface area contributed by atoms with E-state index in [-0.39, 0.29) is 24.5 Å². The number of carbonyl (C=O) groups excluding carboxylic acids is 2. The number of nitrogens with one attached hydrogen (secondary N) is 3. The van der Waals surface area contributed by atoms with Gasteiger partial charge in [0.25, 0.3) is 0 Å². The highest BCUT2D eigenvalue weighted by Gasteiger charge is 2.32. The van der Waals surface area contributed by atoms with Crippen LogP contribution >= 0.6 is 0 Å². The lowest BCUT2D eigenvalue weighted by Gasteiger charge is -2.23. The number of hydrogen-bond acceptors (Lipinski definition) is 5. The van der Waals surface area contributed by atoms with Crippen LogP contribution in [-0.4, -0.2) is 54.4 Å². The molecule has 7 N–H and O–H groups in total. The number of nitriles is 1. The maximum absolute atomic E-state index is 12.2. The van der Waals surface area contributed by atoms with Crippen LogP contribution in [0.5, 0.6) is 0 Å². The number of nitrogens with two attached hydrogens (primary N) is 2. The van der Waals surface area contributed by atoms with Gasteiger partial charge in [0, 0.05) is 13.1 Å².